The van der Waals surface area contributed by atoms with Crippen molar-refractivity contribution >= 4 is 11.9 Å². The van der Waals surface area contributed by atoms with Crippen molar-refractivity contribution < 1.29 is 59.2 Å². The molecule has 0 radical (unpaired) electrons. The van der Waals surface area contributed by atoms with E-state index in [1.54, 1.807) is 0 Å². The molecule has 0 spiro atoms. The summed E-state index contributed by atoms with van der Waals surface area (Å²) in [5, 5.41) is 59.8. The molecule has 7 atom stereocenters. The van der Waals surface area contributed by atoms with Crippen LogP contribution in [0.4, 0.5) is 0 Å². The summed E-state index contributed by atoms with van der Waals surface area (Å²) in [6.45, 7) is 3.29. The third kappa shape index (κ3) is 12.0. The quantitative estimate of drug-likeness (QED) is 0.0830. The lowest BCUT2D eigenvalue weighted by Crippen LogP contribution is -2.59. The van der Waals surface area contributed by atoms with E-state index in [4.69, 9.17) is 18.9 Å². The highest BCUT2D eigenvalue weighted by atomic mass is 16.7. The maximum absolute atomic E-state index is 12.2. The first-order valence-corrected chi connectivity index (χ1v) is 15.5. The van der Waals surface area contributed by atoms with Crippen LogP contribution in [0.25, 0.3) is 0 Å². The van der Waals surface area contributed by atoms with Gasteiger partial charge in [-0.05, 0) is 12.3 Å². The van der Waals surface area contributed by atoms with Gasteiger partial charge in [0.2, 0.25) is 12.0 Å². The van der Waals surface area contributed by atoms with Gasteiger partial charge >= 0.3 is 11.9 Å². The van der Waals surface area contributed by atoms with E-state index in [9.17, 15) is 40.2 Å². The minimum absolute atomic E-state index is 0.182. The number of rotatable bonds is 21. The summed E-state index contributed by atoms with van der Waals surface area (Å²) in [6, 6.07) is 0. The van der Waals surface area contributed by atoms with E-state index < -0.39 is 79.6 Å². The topological polar surface area (TPSA) is 192 Å². The van der Waals surface area contributed by atoms with E-state index in [1.807, 2.05) is 0 Å². The highest BCUT2D eigenvalue weighted by Gasteiger charge is 2.48. The summed E-state index contributed by atoms with van der Waals surface area (Å²) < 4.78 is 20.3. The predicted octanol–water partition coefficient (Wildman–Crippen LogP) is 2.52. The van der Waals surface area contributed by atoms with Crippen LogP contribution < -0.4 is 0 Å². The molecule has 0 aromatic carbocycles. The van der Waals surface area contributed by atoms with Crippen molar-refractivity contribution in [2.45, 2.75) is 147 Å². The van der Waals surface area contributed by atoms with Crippen LogP contribution in [0.5, 0.6) is 0 Å². The van der Waals surface area contributed by atoms with Gasteiger partial charge in [0.05, 0.1) is 6.61 Å². The first kappa shape index (κ1) is 36.2. The Labute approximate surface area is 248 Å². The van der Waals surface area contributed by atoms with E-state index in [2.05, 4.69) is 13.8 Å². The van der Waals surface area contributed by atoms with E-state index in [0.29, 0.717) is 6.42 Å². The van der Waals surface area contributed by atoms with Gasteiger partial charge in [-0.3, -0.25) is 4.79 Å². The minimum atomic E-state index is -1.82. The lowest BCUT2D eigenvalue weighted by atomic mass is 9.99. The Kier molecular flexibility index (Phi) is 16.7. The third-order valence-corrected chi connectivity index (χ3v) is 7.68. The molecule has 0 aromatic heterocycles. The van der Waals surface area contributed by atoms with Crippen LogP contribution in [0.1, 0.15) is 104 Å². The molecule has 0 aromatic rings. The van der Waals surface area contributed by atoms with Crippen molar-refractivity contribution in [3.63, 3.8) is 0 Å². The zero-order chi connectivity index (χ0) is 31.1. The summed E-state index contributed by atoms with van der Waals surface area (Å²) in [6.07, 6.45) is 4.20. The standard InChI is InChI=1S/C30H52O12/c1-19(2)15-13-11-9-7-5-3-4-6-8-10-12-14-16-22(33)39-18-20(32)27-26(37)28(29(38)41-27)42-30-25(36)24(35)23(34)21(17-31)40-30/h19-21,23-25,27,30-32,34-37H,3-18H2,1-2H3/t20-,21+,23+,24-,25+,27+,30?/m0/s1. The molecule has 2 heterocycles. The van der Waals surface area contributed by atoms with Gasteiger partial charge in [0.15, 0.2) is 11.9 Å². The van der Waals surface area contributed by atoms with Crippen LogP contribution in [0, 0.1) is 5.92 Å². The molecular formula is C30H52O12. The number of unbranched alkanes of at least 4 members (excludes halogenated alkanes) is 11. The highest BCUT2D eigenvalue weighted by molar-refractivity contribution is 5.89. The summed E-state index contributed by atoms with van der Waals surface area (Å²) in [5.41, 5.74) is 0. The largest absolute Gasteiger partial charge is 0.505 e. The van der Waals surface area contributed by atoms with Crippen LogP contribution >= 0.6 is 0 Å². The number of hydrogen-bond donors (Lipinski definition) is 6. The van der Waals surface area contributed by atoms with Crippen molar-refractivity contribution in [3.05, 3.63) is 11.5 Å². The maximum atomic E-state index is 12.2. The Balaban J connectivity index is 1.58. The van der Waals surface area contributed by atoms with Crippen LogP contribution in [0.15, 0.2) is 11.5 Å². The maximum Gasteiger partial charge on any atom is 0.378 e. The summed E-state index contributed by atoms with van der Waals surface area (Å²) in [7, 11) is 0. The number of carbonyl (C=O) groups excluding carboxylic acids is 2. The molecule has 2 aliphatic rings. The van der Waals surface area contributed by atoms with Gasteiger partial charge in [-0.15, -0.1) is 0 Å². The first-order chi connectivity index (χ1) is 20.1. The van der Waals surface area contributed by atoms with Crippen LogP contribution in [-0.2, 0) is 28.5 Å². The average Bonchev–Trinajstić information content (AvgIpc) is 3.24. The molecule has 12 nitrogen and oxygen atoms in total. The second kappa shape index (κ2) is 19.3. The third-order valence-electron chi connectivity index (χ3n) is 7.68. The second-order valence-electron chi connectivity index (χ2n) is 11.8. The molecule has 1 saturated heterocycles. The van der Waals surface area contributed by atoms with Gasteiger partial charge in [0.25, 0.3) is 0 Å². The van der Waals surface area contributed by atoms with Crippen molar-refractivity contribution in [1.29, 1.82) is 0 Å². The molecule has 244 valence electrons. The van der Waals surface area contributed by atoms with Crippen molar-refractivity contribution in [1.82, 2.24) is 0 Å². The number of cyclic esters (lactones) is 1. The Morgan fingerprint density at radius 1 is 0.857 bits per heavy atom. The molecule has 1 fully saturated rings. The molecule has 12 heteroatoms. The molecule has 0 aliphatic carbocycles. The number of carbonyl (C=O) groups is 2. The molecule has 2 rings (SSSR count). The predicted molar refractivity (Wildman–Crippen MR) is 151 cm³/mol. The summed E-state index contributed by atoms with van der Waals surface area (Å²) in [4.78, 5) is 24.3. The van der Waals surface area contributed by atoms with E-state index >= 15 is 0 Å². The fourth-order valence-electron chi connectivity index (χ4n) is 5.04. The Morgan fingerprint density at radius 3 is 1.95 bits per heavy atom. The smallest absolute Gasteiger partial charge is 0.378 e. The van der Waals surface area contributed by atoms with Crippen LogP contribution in [0.2, 0.25) is 0 Å². The monoisotopic (exact) mass is 604 g/mol. The fraction of sp³-hybridized carbons (Fsp3) is 0.867. The van der Waals surface area contributed by atoms with E-state index in [-0.39, 0.29) is 6.42 Å². The van der Waals surface area contributed by atoms with Gasteiger partial charge < -0.3 is 49.6 Å². The van der Waals surface area contributed by atoms with Crippen LogP contribution in [-0.4, -0.2) is 98.7 Å². The SMILES string of the molecule is CC(C)CCCCCCCCCCCCCCC(=O)OC[C@H](O)[C@H]1OC(=O)C(OC2O[C@H](CO)[C@@H](O)[C@H](O)[C@H]2O)=C1O. The normalized spacial score (nSPS) is 26.9. The molecule has 6 N–H and O–H groups in total. The molecule has 42 heavy (non-hydrogen) atoms. The Bertz CT molecular complexity index is 829. The van der Waals surface area contributed by atoms with Crippen LogP contribution in [0.3, 0.4) is 0 Å². The zero-order valence-corrected chi connectivity index (χ0v) is 25.1. The fourth-order valence-corrected chi connectivity index (χ4v) is 5.04. The zero-order valence-electron chi connectivity index (χ0n) is 25.1. The number of aliphatic hydroxyl groups is 6. The number of hydrogen-bond acceptors (Lipinski definition) is 12. The highest BCUT2D eigenvalue weighted by Crippen LogP contribution is 2.29. The molecule has 0 bridgehead atoms. The molecular weight excluding hydrogens is 552 g/mol. The number of ether oxygens (including phenoxy) is 4. The van der Waals surface area contributed by atoms with Gasteiger partial charge in [-0.2, -0.15) is 0 Å². The molecule has 0 saturated carbocycles. The van der Waals surface area contributed by atoms with Gasteiger partial charge in [0.1, 0.15) is 37.1 Å². The summed E-state index contributed by atoms with van der Waals surface area (Å²) in [5.74, 6) is -2.50. The number of aliphatic hydroxyl groups excluding tert-OH is 6. The van der Waals surface area contributed by atoms with E-state index in [0.717, 1.165) is 25.2 Å². The molecule has 2 aliphatic heterocycles. The van der Waals surface area contributed by atoms with Gasteiger partial charge in [0, 0.05) is 6.42 Å². The minimum Gasteiger partial charge on any atom is -0.505 e. The van der Waals surface area contributed by atoms with Crippen molar-refractivity contribution in [3.8, 4) is 0 Å². The van der Waals surface area contributed by atoms with E-state index in [1.165, 1.54) is 57.8 Å². The van der Waals surface area contributed by atoms with Gasteiger partial charge in [-0.1, -0.05) is 90.9 Å². The van der Waals surface area contributed by atoms with Gasteiger partial charge in [-0.25, -0.2) is 4.79 Å². The van der Waals surface area contributed by atoms with Crippen molar-refractivity contribution in [2.24, 2.45) is 5.92 Å². The Hall–Kier alpha value is -1.96. The molecule has 1 unspecified atom stereocenters. The lowest BCUT2D eigenvalue weighted by molar-refractivity contribution is -0.291. The lowest BCUT2D eigenvalue weighted by Gasteiger charge is -2.39. The first-order valence-electron chi connectivity index (χ1n) is 15.5. The van der Waals surface area contributed by atoms with Crippen molar-refractivity contribution in [2.75, 3.05) is 13.2 Å². The summed E-state index contributed by atoms with van der Waals surface area (Å²) >= 11 is 0. The number of esters is 2. The molecule has 0 amide bonds. The second-order valence-corrected chi connectivity index (χ2v) is 11.8. The average molecular weight is 605 g/mol. The Morgan fingerprint density at radius 2 is 1.40 bits per heavy atom.